The van der Waals surface area contributed by atoms with Crippen LogP contribution in [0.4, 0.5) is 11.8 Å². The minimum Gasteiger partial charge on any atom is -0.363 e. The van der Waals surface area contributed by atoms with Gasteiger partial charge in [0.15, 0.2) is 0 Å². The fraction of sp³-hybridized carbons (Fsp3) is 0.444. The molecule has 8 heteroatoms. The Kier molecular flexibility index (Phi) is 5.15. The van der Waals surface area contributed by atoms with Crippen molar-refractivity contribution in [2.75, 3.05) is 50.1 Å². The molecule has 2 heterocycles. The maximum absolute atomic E-state index is 12.9. The summed E-state index contributed by atoms with van der Waals surface area (Å²) >= 11 is 0. The zero-order valence-electron chi connectivity index (χ0n) is 15.7. The Morgan fingerprint density at radius 1 is 1.00 bits per heavy atom. The highest BCUT2D eigenvalue weighted by Gasteiger charge is 2.29. The van der Waals surface area contributed by atoms with Gasteiger partial charge in [-0.1, -0.05) is 6.07 Å². The molecule has 1 aromatic carbocycles. The maximum atomic E-state index is 12.9. The summed E-state index contributed by atoms with van der Waals surface area (Å²) in [7, 11) is 0.391. The fourth-order valence-electron chi connectivity index (χ4n) is 2.89. The molecule has 0 N–H and O–H groups in total. The van der Waals surface area contributed by atoms with Gasteiger partial charge in [0.2, 0.25) is 16.0 Å². The van der Waals surface area contributed by atoms with Crippen LogP contribution >= 0.6 is 0 Å². The highest BCUT2D eigenvalue weighted by molar-refractivity contribution is 7.89. The molecule has 0 radical (unpaired) electrons. The van der Waals surface area contributed by atoms with E-state index in [4.69, 9.17) is 0 Å². The molecule has 7 nitrogen and oxygen atoms in total. The van der Waals surface area contributed by atoms with Gasteiger partial charge in [-0.05, 0) is 43.2 Å². The largest absolute Gasteiger partial charge is 0.363 e. The van der Waals surface area contributed by atoms with Crippen molar-refractivity contribution in [3.05, 3.63) is 41.6 Å². The first-order chi connectivity index (χ1) is 12.3. The lowest BCUT2D eigenvalue weighted by atomic mass is 10.1. The van der Waals surface area contributed by atoms with Gasteiger partial charge in [-0.3, -0.25) is 0 Å². The average molecular weight is 375 g/mol. The van der Waals surface area contributed by atoms with Crippen molar-refractivity contribution in [1.82, 2.24) is 14.3 Å². The average Bonchev–Trinajstić information content (AvgIpc) is 2.64. The molecule has 1 fully saturated rings. The summed E-state index contributed by atoms with van der Waals surface area (Å²) in [6, 6.07) is 7.15. The molecule has 1 aromatic heterocycles. The molecule has 0 bridgehead atoms. The minimum atomic E-state index is -3.47. The summed E-state index contributed by atoms with van der Waals surface area (Å²) in [4.78, 5) is 13.2. The first kappa shape index (κ1) is 18.6. The number of aromatic nitrogens is 2. The third-order valence-corrected chi connectivity index (χ3v) is 6.62. The topological polar surface area (TPSA) is 69.6 Å². The van der Waals surface area contributed by atoms with Crippen LogP contribution in [0, 0.1) is 13.8 Å². The van der Waals surface area contributed by atoms with Crippen molar-refractivity contribution in [1.29, 1.82) is 0 Å². The smallest absolute Gasteiger partial charge is 0.243 e. The third kappa shape index (κ3) is 3.66. The van der Waals surface area contributed by atoms with Crippen LogP contribution in [0.1, 0.15) is 11.1 Å². The van der Waals surface area contributed by atoms with Crippen LogP contribution in [0.15, 0.2) is 35.4 Å². The number of hydrogen-bond donors (Lipinski definition) is 0. The lowest BCUT2D eigenvalue weighted by Gasteiger charge is -2.34. The van der Waals surface area contributed by atoms with Gasteiger partial charge in [0.05, 0.1) is 4.90 Å². The molecule has 0 saturated carbocycles. The number of nitrogens with zero attached hydrogens (tertiary/aromatic N) is 5. The van der Waals surface area contributed by atoms with Crippen molar-refractivity contribution < 1.29 is 8.42 Å². The summed E-state index contributed by atoms with van der Waals surface area (Å²) < 4.78 is 27.4. The molecule has 1 saturated heterocycles. The number of rotatable bonds is 4. The van der Waals surface area contributed by atoms with Gasteiger partial charge in [0.1, 0.15) is 5.82 Å². The quantitative estimate of drug-likeness (QED) is 0.810. The van der Waals surface area contributed by atoms with Crippen molar-refractivity contribution >= 4 is 21.8 Å². The monoisotopic (exact) mass is 375 g/mol. The van der Waals surface area contributed by atoms with E-state index < -0.39 is 10.0 Å². The molecule has 140 valence electrons. The predicted octanol–water partition coefficient (Wildman–Crippen LogP) is 1.67. The molecule has 1 aliphatic rings. The van der Waals surface area contributed by atoms with Crippen LogP contribution in [-0.2, 0) is 10.0 Å². The molecule has 1 aliphatic heterocycles. The summed E-state index contributed by atoms with van der Waals surface area (Å²) in [5.41, 5.74) is 2.07. The molecular formula is C18H25N5O2S. The molecular weight excluding hydrogens is 350 g/mol. The number of benzene rings is 1. The van der Waals surface area contributed by atoms with Crippen LogP contribution in [0.25, 0.3) is 0 Å². The second-order valence-corrected chi connectivity index (χ2v) is 8.68. The number of anilines is 2. The van der Waals surface area contributed by atoms with Gasteiger partial charge in [0.25, 0.3) is 0 Å². The van der Waals surface area contributed by atoms with E-state index in [1.165, 1.54) is 0 Å². The second kappa shape index (κ2) is 7.20. The van der Waals surface area contributed by atoms with Crippen molar-refractivity contribution in [3.63, 3.8) is 0 Å². The van der Waals surface area contributed by atoms with E-state index >= 15 is 0 Å². The number of piperazine rings is 1. The van der Waals surface area contributed by atoms with Gasteiger partial charge in [-0.15, -0.1) is 0 Å². The summed E-state index contributed by atoms with van der Waals surface area (Å²) in [6.45, 7) is 5.89. The molecule has 0 spiro atoms. The first-order valence-corrected chi connectivity index (χ1v) is 10.1. The zero-order valence-corrected chi connectivity index (χ0v) is 16.5. The summed E-state index contributed by atoms with van der Waals surface area (Å²) in [6.07, 6.45) is 1.73. The zero-order chi connectivity index (χ0) is 18.9. The molecule has 0 amide bonds. The molecule has 0 aliphatic carbocycles. The highest BCUT2D eigenvalue weighted by atomic mass is 32.2. The van der Waals surface area contributed by atoms with Gasteiger partial charge in [-0.2, -0.15) is 9.29 Å². The van der Waals surface area contributed by atoms with Crippen molar-refractivity contribution in [2.24, 2.45) is 0 Å². The lowest BCUT2D eigenvalue weighted by molar-refractivity contribution is 0.382. The Hall–Kier alpha value is -2.19. The SMILES string of the molecule is Cc1ccc(S(=O)(=O)N2CCN(c3nccc(N(C)C)n3)CC2)cc1C. The summed E-state index contributed by atoms with van der Waals surface area (Å²) in [5, 5.41) is 0. The lowest BCUT2D eigenvalue weighted by Crippen LogP contribution is -2.49. The molecule has 2 aromatic rings. The fourth-order valence-corrected chi connectivity index (χ4v) is 4.40. The normalized spacial score (nSPS) is 15.9. The molecule has 3 rings (SSSR count). The maximum Gasteiger partial charge on any atom is 0.243 e. The Morgan fingerprint density at radius 2 is 1.69 bits per heavy atom. The van der Waals surface area contributed by atoms with Crippen LogP contribution in [0.2, 0.25) is 0 Å². The van der Waals surface area contributed by atoms with Gasteiger partial charge in [0, 0.05) is 46.5 Å². The van der Waals surface area contributed by atoms with E-state index in [2.05, 4.69) is 9.97 Å². The molecule has 0 unspecified atom stereocenters. The van der Waals surface area contributed by atoms with Crippen molar-refractivity contribution in [2.45, 2.75) is 18.7 Å². The van der Waals surface area contributed by atoms with Gasteiger partial charge >= 0.3 is 0 Å². The van der Waals surface area contributed by atoms with E-state index in [1.807, 2.05) is 49.9 Å². The van der Waals surface area contributed by atoms with Crippen LogP contribution in [0.3, 0.4) is 0 Å². The van der Waals surface area contributed by atoms with Crippen LogP contribution in [0.5, 0.6) is 0 Å². The highest BCUT2D eigenvalue weighted by Crippen LogP contribution is 2.22. The Bertz CT molecular complexity index is 890. The second-order valence-electron chi connectivity index (χ2n) is 6.75. The Morgan fingerprint density at radius 3 is 2.31 bits per heavy atom. The van der Waals surface area contributed by atoms with E-state index in [-0.39, 0.29) is 0 Å². The summed E-state index contributed by atoms with van der Waals surface area (Å²) in [5.74, 6) is 1.47. The molecule has 0 atom stereocenters. The minimum absolute atomic E-state index is 0.361. The van der Waals surface area contributed by atoms with E-state index in [0.717, 1.165) is 16.9 Å². The number of hydrogen-bond acceptors (Lipinski definition) is 6. The van der Waals surface area contributed by atoms with Crippen LogP contribution in [-0.4, -0.2) is 63.0 Å². The van der Waals surface area contributed by atoms with E-state index in [0.29, 0.717) is 37.0 Å². The Balaban J connectivity index is 1.73. The Labute approximate surface area is 155 Å². The van der Waals surface area contributed by atoms with E-state index in [9.17, 15) is 8.42 Å². The third-order valence-electron chi connectivity index (χ3n) is 4.72. The standard InChI is InChI=1S/C18H25N5O2S/c1-14-5-6-16(13-15(14)2)26(24,25)23-11-9-22(10-12-23)18-19-8-7-17(20-18)21(3)4/h5-8,13H,9-12H2,1-4H3. The molecule has 26 heavy (non-hydrogen) atoms. The predicted molar refractivity (Wildman–Crippen MR) is 103 cm³/mol. The van der Waals surface area contributed by atoms with E-state index in [1.54, 1.807) is 22.6 Å². The first-order valence-electron chi connectivity index (χ1n) is 8.62. The number of aryl methyl sites for hydroxylation is 2. The van der Waals surface area contributed by atoms with Gasteiger partial charge < -0.3 is 9.80 Å². The van der Waals surface area contributed by atoms with Gasteiger partial charge in [-0.25, -0.2) is 13.4 Å². The van der Waals surface area contributed by atoms with Crippen molar-refractivity contribution in [3.8, 4) is 0 Å². The van der Waals surface area contributed by atoms with Crippen LogP contribution < -0.4 is 9.80 Å². The number of sulfonamides is 1.